The molecule has 0 aliphatic carbocycles. The third-order valence-electron chi connectivity index (χ3n) is 3.96. The van der Waals surface area contributed by atoms with Gasteiger partial charge in [0.05, 0.1) is 20.6 Å². The highest BCUT2D eigenvalue weighted by Gasteiger charge is 2.19. The monoisotopic (exact) mass is 311 g/mol. The average Bonchev–Trinajstić information content (AvgIpc) is 2.64. The summed E-state index contributed by atoms with van der Waals surface area (Å²) in [4.78, 5) is 0. The molecule has 3 rings (SSSR count). The molecule has 23 heavy (non-hydrogen) atoms. The number of aromatic hydroxyl groups is 1. The summed E-state index contributed by atoms with van der Waals surface area (Å²) in [7, 11) is 3.28. The lowest BCUT2D eigenvalue weighted by atomic mass is 9.93. The van der Waals surface area contributed by atoms with Crippen molar-refractivity contribution in [2.75, 3.05) is 20.6 Å². The number of quaternary nitrogens is 1. The lowest BCUT2D eigenvalue weighted by Gasteiger charge is -2.33. The van der Waals surface area contributed by atoms with E-state index in [4.69, 9.17) is 4.74 Å². The van der Waals surface area contributed by atoms with Crippen molar-refractivity contribution in [3.8, 4) is 11.5 Å². The Bertz CT molecular complexity index is 745. The van der Waals surface area contributed by atoms with Gasteiger partial charge in [-0.15, -0.1) is 0 Å². The fraction of sp³-hybridized carbons (Fsp3) is 0.263. The van der Waals surface area contributed by atoms with Crippen LogP contribution < -0.4 is 4.74 Å². The first kappa shape index (κ1) is 15.6. The number of fused-ring (bicyclic) bond motifs is 2. The molecule has 120 valence electrons. The minimum Gasteiger partial charge on any atom is -0.633 e. The minimum absolute atomic E-state index is 0.206. The highest BCUT2D eigenvalue weighted by atomic mass is 16.5. The van der Waals surface area contributed by atoms with E-state index in [2.05, 4.69) is 12.1 Å². The Morgan fingerprint density at radius 2 is 1.96 bits per heavy atom. The molecule has 1 heterocycles. The van der Waals surface area contributed by atoms with E-state index in [-0.39, 0.29) is 10.4 Å². The predicted octanol–water partition coefficient (Wildman–Crippen LogP) is 3.68. The van der Waals surface area contributed by atoms with Crippen LogP contribution in [0.2, 0.25) is 0 Å². The molecule has 0 bridgehead atoms. The van der Waals surface area contributed by atoms with E-state index < -0.39 is 0 Å². The maximum absolute atomic E-state index is 11.8. The van der Waals surface area contributed by atoms with Crippen molar-refractivity contribution in [1.29, 1.82) is 0 Å². The Kier molecular flexibility index (Phi) is 4.11. The van der Waals surface area contributed by atoms with Crippen LogP contribution in [-0.2, 0) is 6.61 Å². The van der Waals surface area contributed by atoms with Gasteiger partial charge in [0.25, 0.3) is 0 Å². The number of phenolic OH excluding ortho intramolecular Hbond substituents is 1. The molecule has 0 radical (unpaired) electrons. The van der Waals surface area contributed by atoms with Gasteiger partial charge < -0.3 is 19.7 Å². The van der Waals surface area contributed by atoms with Gasteiger partial charge in [-0.05, 0) is 34.9 Å². The number of hydrogen-bond acceptors (Lipinski definition) is 3. The molecule has 0 unspecified atom stereocenters. The second-order valence-electron chi connectivity index (χ2n) is 6.33. The van der Waals surface area contributed by atoms with Gasteiger partial charge in [0.2, 0.25) is 0 Å². The molecule has 2 aromatic rings. The van der Waals surface area contributed by atoms with Crippen LogP contribution in [0.5, 0.6) is 11.5 Å². The molecule has 0 saturated heterocycles. The third-order valence-corrected chi connectivity index (χ3v) is 3.96. The van der Waals surface area contributed by atoms with Crippen LogP contribution in [0, 0.1) is 5.21 Å². The van der Waals surface area contributed by atoms with Crippen molar-refractivity contribution in [3.05, 3.63) is 70.4 Å². The summed E-state index contributed by atoms with van der Waals surface area (Å²) in [6, 6.07) is 13.2. The fourth-order valence-electron chi connectivity index (χ4n) is 2.80. The van der Waals surface area contributed by atoms with Gasteiger partial charge in [-0.1, -0.05) is 30.3 Å². The van der Waals surface area contributed by atoms with Gasteiger partial charge in [-0.2, -0.15) is 0 Å². The van der Waals surface area contributed by atoms with E-state index in [0.717, 1.165) is 28.0 Å². The highest BCUT2D eigenvalue weighted by molar-refractivity contribution is 5.85. The Balaban J connectivity index is 2.08. The number of hydrogen-bond donors (Lipinski definition) is 1. The second-order valence-corrected chi connectivity index (χ2v) is 6.33. The van der Waals surface area contributed by atoms with Gasteiger partial charge in [0.1, 0.15) is 18.1 Å². The van der Waals surface area contributed by atoms with Crippen LogP contribution in [0.25, 0.3) is 5.57 Å². The van der Waals surface area contributed by atoms with E-state index in [9.17, 15) is 10.3 Å². The van der Waals surface area contributed by atoms with Crippen LogP contribution in [0.1, 0.15) is 23.1 Å². The summed E-state index contributed by atoms with van der Waals surface area (Å²) in [5.41, 5.74) is 4.07. The molecule has 0 fully saturated rings. The molecule has 4 heteroatoms. The minimum atomic E-state index is -0.325. The number of benzene rings is 2. The molecule has 4 nitrogen and oxygen atoms in total. The molecule has 0 aromatic heterocycles. The zero-order valence-electron chi connectivity index (χ0n) is 13.5. The number of rotatable bonds is 3. The van der Waals surface area contributed by atoms with Gasteiger partial charge in [-0.3, -0.25) is 0 Å². The summed E-state index contributed by atoms with van der Waals surface area (Å²) in [6.07, 6.45) is 2.74. The predicted molar refractivity (Wildman–Crippen MR) is 90.9 cm³/mol. The van der Waals surface area contributed by atoms with E-state index in [1.165, 1.54) is 0 Å². The summed E-state index contributed by atoms with van der Waals surface area (Å²) < 4.78 is 5.57. The molecule has 0 spiro atoms. The zero-order valence-corrected chi connectivity index (χ0v) is 13.5. The maximum Gasteiger partial charge on any atom is 0.127 e. The normalized spacial score (nSPS) is 15.5. The van der Waals surface area contributed by atoms with E-state index in [1.54, 1.807) is 32.3 Å². The first-order chi connectivity index (χ1) is 10.9. The molecular weight excluding hydrogens is 290 g/mol. The van der Waals surface area contributed by atoms with Crippen LogP contribution >= 0.6 is 0 Å². The topological polar surface area (TPSA) is 52.5 Å². The first-order valence-corrected chi connectivity index (χ1v) is 7.73. The maximum atomic E-state index is 11.8. The largest absolute Gasteiger partial charge is 0.633 e. The van der Waals surface area contributed by atoms with Gasteiger partial charge in [0, 0.05) is 12.0 Å². The molecular formula is C19H21NO3. The summed E-state index contributed by atoms with van der Waals surface area (Å²) in [5.74, 6) is 0.957. The average molecular weight is 311 g/mol. The lowest BCUT2D eigenvalue weighted by molar-refractivity contribution is -0.839. The van der Waals surface area contributed by atoms with Crippen LogP contribution in [0.4, 0.5) is 0 Å². The van der Waals surface area contributed by atoms with E-state index in [0.29, 0.717) is 19.6 Å². The standard InChI is InChI=1S/C19H21NO3/c1-20(2,22)11-5-8-17-16-7-4-3-6-14(16)13-23-19-10-9-15(21)12-18(17)19/h3-4,6-10,12,21H,5,11,13H2,1-2H3/b17-8-. The second kappa shape index (κ2) is 6.07. The highest BCUT2D eigenvalue weighted by Crippen LogP contribution is 2.38. The number of ether oxygens (including phenoxy) is 1. The van der Waals surface area contributed by atoms with Crippen molar-refractivity contribution in [3.63, 3.8) is 0 Å². The van der Waals surface area contributed by atoms with Crippen molar-refractivity contribution in [2.24, 2.45) is 0 Å². The quantitative estimate of drug-likeness (QED) is 0.695. The number of phenols is 1. The van der Waals surface area contributed by atoms with Crippen molar-refractivity contribution < 1.29 is 14.5 Å². The molecule has 0 atom stereocenters. The molecule has 2 aromatic carbocycles. The number of nitrogens with zero attached hydrogens (tertiary/aromatic N) is 1. The molecule has 1 aliphatic rings. The Morgan fingerprint density at radius 1 is 1.17 bits per heavy atom. The van der Waals surface area contributed by atoms with Crippen LogP contribution in [-0.4, -0.2) is 30.4 Å². The van der Waals surface area contributed by atoms with Crippen molar-refractivity contribution in [2.45, 2.75) is 13.0 Å². The summed E-state index contributed by atoms with van der Waals surface area (Å²) in [6.45, 7) is 0.995. The Morgan fingerprint density at radius 3 is 2.74 bits per heavy atom. The Hall–Kier alpha value is -2.30. The number of hydroxylamine groups is 3. The lowest BCUT2D eigenvalue weighted by Crippen LogP contribution is -2.32. The summed E-state index contributed by atoms with van der Waals surface area (Å²) >= 11 is 0. The van der Waals surface area contributed by atoms with Crippen LogP contribution in [0.15, 0.2) is 48.5 Å². The SMILES string of the molecule is C[N+](C)([O-])CC/C=C1/c2ccccc2COc2ccc(O)cc21. The molecule has 0 amide bonds. The first-order valence-electron chi connectivity index (χ1n) is 7.73. The van der Waals surface area contributed by atoms with E-state index >= 15 is 0 Å². The van der Waals surface area contributed by atoms with Crippen molar-refractivity contribution in [1.82, 2.24) is 0 Å². The van der Waals surface area contributed by atoms with E-state index in [1.807, 2.05) is 18.2 Å². The molecule has 0 saturated carbocycles. The Labute approximate surface area is 136 Å². The smallest absolute Gasteiger partial charge is 0.127 e. The van der Waals surface area contributed by atoms with Gasteiger partial charge >= 0.3 is 0 Å². The third kappa shape index (κ3) is 3.55. The van der Waals surface area contributed by atoms with Crippen LogP contribution in [0.3, 0.4) is 0 Å². The zero-order chi connectivity index (χ0) is 16.4. The molecule has 1 aliphatic heterocycles. The fourth-order valence-corrected chi connectivity index (χ4v) is 2.80. The molecule has 1 N–H and O–H groups in total. The van der Waals surface area contributed by atoms with Gasteiger partial charge in [0.15, 0.2) is 0 Å². The van der Waals surface area contributed by atoms with Gasteiger partial charge in [-0.25, -0.2) is 0 Å². The van der Waals surface area contributed by atoms with Crippen molar-refractivity contribution >= 4 is 5.57 Å². The summed E-state index contributed by atoms with van der Waals surface area (Å²) in [5, 5.41) is 21.7.